The van der Waals surface area contributed by atoms with Crippen LogP contribution in [-0.4, -0.2) is 52.5 Å². The first-order valence-electron chi connectivity index (χ1n) is 9.82. The number of likely N-dealkylation sites (tertiary alicyclic amines) is 1. The highest BCUT2D eigenvalue weighted by atomic mass is 19.4. The van der Waals surface area contributed by atoms with Crippen molar-refractivity contribution >= 4 is 5.82 Å². The molecule has 10 heteroatoms. The van der Waals surface area contributed by atoms with Gasteiger partial charge in [0.1, 0.15) is 5.75 Å². The molecule has 2 heterocycles. The van der Waals surface area contributed by atoms with E-state index in [0.29, 0.717) is 5.92 Å². The molecule has 0 unspecified atom stereocenters. The largest absolute Gasteiger partial charge is 0.496 e. The number of piperidine rings is 1. The number of likely N-dealkylation sites (N-methyl/N-ethyl adjacent to an activating group) is 1. The molecule has 1 aliphatic heterocycles. The second kappa shape index (κ2) is 8.63. The van der Waals surface area contributed by atoms with Gasteiger partial charge in [0, 0.05) is 26.2 Å². The fourth-order valence-electron chi connectivity index (χ4n) is 3.86. The minimum absolute atomic E-state index is 0.0328. The Bertz CT molecular complexity index is 960. The molecule has 1 aromatic carbocycles. The molecular weight excluding hydrogens is 399 g/mol. The van der Waals surface area contributed by atoms with E-state index < -0.39 is 17.3 Å². The van der Waals surface area contributed by atoms with Crippen LogP contribution in [0.5, 0.6) is 5.75 Å². The summed E-state index contributed by atoms with van der Waals surface area (Å²) >= 11 is 0. The summed E-state index contributed by atoms with van der Waals surface area (Å²) in [4.78, 5) is 15.2. The van der Waals surface area contributed by atoms with Gasteiger partial charge >= 0.3 is 6.18 Å². The fourth-order valence-corrected chi connectivity index (χ4v) is 3.86. The SMILES string of the molecule is CCN1C[C@H](C)C[C@@H](Nc2nnc(-c3ccc(C(F)(F)F)cc3OC)n(C)c2=O)C1. The number of halogens is 3. The topological polar surface area (TPSA) is 72.3 Å². The van der Waals surface area contributed by atoms with Gasteiger partial charge in [0.2, 0.25) is 5.82 Å². The van der Waals surface area contributed by atoms with E-state index in [2.05, 4.69) is 34.3 Å². The normalized spacial score (nSPS) is 20.2. The highest BCUT2D eigenvalue weighted by Crippen LogP contribution is 2.36. The zero-order chi connectivity index (χ0) is 22.1. The smallest absolute Gasteiger partial charge is 0.416 e. The lowest BCUT2D eigenvalue weighted by molar-refractivity contribution is -0.137. The standard InChI is InChI=1S/C20H26F3N5O2/c1-5-28-10-12(2)8-14(11-28)24-17-19(29)27(3)18(26-25-17)15-7-6-13(20(21,22)23)9-16(15)30-4/h6-7,9,12,14H,5,8,10-11H2,1-4H3,(H,24,25)/t12-,14-/m1/s1. The number of nitrogens with one attached hydrogen (secondary N) is 1. The number of anilines is 1. The van der Waals surface area contributed by atoms with E-state index in [-0.39, 0.29) is 29.0 Å². The number of nitrogens with zero attached hydrogens (tertiary/aromatic N) is 4. The quantitative estimate of drug-likeness (QED) is 0.794. The zero-order valence-electron chi connectivity index (χ0n) is 17.5. The van der Waals surface area contributed by atoms with Crippen molar-refractivity contribution in [1.29, 1.82) is 0 Å². The molecule has 0 spiro atoms. The average Bonchev–Trinajstić information content (AvgIpc) is 2.70. The number of methoxy groups -OCH3 is 1. The van der Waals surface area contributed by atoms with Crippen molar-refractivity contribution in [3.8, 4) is 17.1 Å². The molecule has 1 aliphatic rings. The Kier molecular flexibility index (Phi) is 6.35. The van der Waals surface area contributed by atoms with Crippen LogP contribution in [0, 0.1) is 5.92 Å². The zero-order valence-corrected chi connectivity index (χ0v) is 17.5. The number of aromatic nitrogens is 3. The Balaban J connectivity index is 1.91. The second-order valence-electron chi connectivity index (χ2n) is 7.68. The summed E-state index contributed by atoms with van der Waals surface area (Å²) in [5.74, 6) is 0.712. The minimum atomic E-state index is -4.50. The monoisotopic (exact) mass is 425 g/mol. The molecule has 1 aromatic heterocycles. The number of hydrogen-bond acceptors (Lipinski definition) is 6. The molecule has 1 fully saturated rings. The number of ether oxygens (including phenoxy) is 1. The van der Waals surface area contributed by atoms with Crippen molar-refractivity contribution in [2.75, 3.05) is 32.1 Å². The maximum atomic E-state index is 13.0. The molecule has 7 nitrogen and oxygen atoms in total. The first-order valence-corrected chi connectivity index (χ1v) is 9.82. The van der Waals surface area contributed by atoms with Gasteiger partial charge in [0.15, 0.2) is 5.82 Å². The first kappa shape index (κ1) is 22.1. The van der Waals surface area contributed by atoms with Crippen LogP contribution in [0.1, 0.15) is 25.8 Å². The van der Waals surface area contributed by atoms with Crippen molar-refractivity contribution in [2.45, 2.75) is 32.5 Å². The average molecular weight is 425 g/mol. The molecule has 30 heavy (non-hydrogen) atoms. The number of hydrogen-bond donors (Lipinski definition) is 1. The minimum Gasteiger partial charge on any atom is -0.496 e. The van der Waals surface area contributed by atoms with E-state index in [9.17, 15) is 18.0 Å². The Morgan fingerprint density at radius 1 is 1.27 bits per heavy atom. The number of alkyl halides is 3. The third kappa shape index (κ3) is 4.58. The Morgan fingerprint density at radius 2 is 2.00 bits per heavy atom. The van der Waals surface area contributed by atoms with Crippen molar-refractivity contribution in [3.63, 3.8) is 0 Å². The van der Waals surface area contributed by atoms with E-state index in [0.717, 1.165) is 38.2 Å². The number of benzene rings is 1. The summed E-state index contributed by atoms with van der Waals surface area (Å²) in [6.07, 6.45) is -3.59. The van der Waals surface area contributed by atoms with E-state index >= 15 is 0 Å². The highest BCUT2D eigenvalue weighted by Gasteiger charge is 2.32. The summed E-state index contributed by atoms with van der Waals surface area (Å²) in [5.41, 5.74) is -0.984. The fraction of sp³-hybridized carbons (Fsp3) is 0.550. The lowest BCUT2D eigenvalue weighted by Crippen LogP contribution is -2.46. The van der Waals surface area contributed by atoms with Gasteiger partial charge in [0.05, 0.1) is 18.2 Å². The molecule has 0 saturated carbocycles. The molecule has 3 rings (SSSR count). The van der Waals surface area contributed by atoms with Crippen LogP contribution in [0.2, 0.25) is 0 Å². The van der Waals surface area contributed by atoms with Crippen LogP contribution >= 0.6 is 0 Å². The maximum Gasteiger partial charge on any atom is 0.416 e. The molecule has 1 saturated heterocycles. The van der Waals surface area contributed by atoms with E-state index in [1.54, 1.807) is 0 Å². The lowest BCUT2D eigenvalue weighted by atomic mass is 9.96. The van der Waals surface area contributed by atoms with Crippen LogP contribution in [0.3, 0.4) is 0 Å². The van der Waals surface area contributed by atoms with Crippen molar-refractivity contribution < 1.29 is 17.9 Å². The van der Waals surface area contributed by atoms with Crippen molar-refractivity contribution in [1.82, 2.24) is 19.7 Å². The van der Waals surface area contributed by atoms with Gasteiger partial charge in [-0.1, -0.05) is 13.8 Å². The predicted octanol–water partition coefficient (Wildman–Crippen LogP) is 3.01. The Morgan fingerprint density at radius 3 is 2.63 bits per heavy atom. The lowest BCUT2D eigenvalue weighted by Gasteiger charge is -2.36. The van der Waals surface area contributed by atoms with Gasteiger partial charge < -0.3 is 15.0 Å². The number of rotatable bonds is 5. The van der Waals surface area contributed by atoms with Crippen LogP contribution in [0.25, 0.3) is 11.4 Å². The third-order valence-corrected chi connectivity index (χ3v) is 5.36. The van der Waals surface area contributed by atoms with Crippen LogP contribution < -0.4 is 15.6 Å². The van der Waals surface area contributed by atoms with Gasteiger partial charge in [-0.25, -0.2) is 0 Å². The molecule has 164 valence electrons. The summed E-state index contributed by atoms with van der Waals surface area (Å²) in [5, 5.41) is 11.3. The van der Waals surface area contributed by atoms with Gasteiger partial charge in [-0.05, 0) is 37.1 Å². The molecule has 2 aromatic rings. The van der Waals surface area contributed by atoms with Crippen LogP contribution in [-0.2, 0) is 13.2 Å². The molecule has 1 N–H and O–H groups in total. The van der Waals surface area contributed by atoms with Gasteiger partial charge in [0.25, 0.3) is 5.56 Å². The molecule has 0 aliphatic carbocycles. The molecule has 0 amide bonds. The second-order valence-corrected chi connectivity index (χ2v) is 7.68. The highest BCUT2D eigenvalue weighted by molar-refractivity contribution is 5.65. The predicted molar refractivity (Wildman–Crippen MR) is 108 cm³/mol. The Hall–Kier alpha value is -2.62. The van der Waals surface area contributed by atoms with Crippen molar-refractivity contribution in [3.05, 3.63) is 34.1 Å². The summed E-state index contributed by atoms with van der Waals surface area (Å²) in [7, 11) is 2.78. The van der Waals surface area contributed by atoms with Crippen LogP contribution in [0.15, 0.2) is 23.0 Å². The molecule has 0 bridgehead atoms. The summed E-state index contributed by atoms with van der Waals surface area (Å²) in [6, 6.07) is 3.12. The van der Waals surface area contributed by atoms with Gasteiger partial charge in [-0.2, -0.15) is 13.2 Å². The van der Waals surface area contributed by atoms with Gasteiger partial charge in [-0.3, -0.25) is 9.36 Å². The summed E-state index contributed by atoms with van der Waals surface area (Å²) < 4.78 is 45.3. The molecular formula is C20H26F3N5O2. The first-order chi connectivity index (χ1) is 14.1. The van der Waals surface area contributed by atoms with Crippen LogP contribution in [0.4, 0.5) is 19.0 Å². The van der Waals surface area contributed by atoms with E-state index in [4.69, 9.17) is 4.74 Å². The maximum absolute atomic E-state index is 13.0. The summed E-state index contributed by atoms with van der Waals surface area (Å²) in [6.45, 7) is 7.02. The third-order valence-electron chi connectivity index (χ3n) is 5.36. The Labute approximate surface area is 172 Å². The van der Waals surface area contributed by atoms with Gasteiger partial charge in [-0.15, -0.1) is 10.2 Å². The molecule has 2 atom stereocenters. The van der Waals surface area contributed by atoms with Crippen molar-refractivity contribution in [2.24, 2.45) is 13.0 Å². The molecule has 0 radical (unpaired) electrons. The van der Waals surface area contributed by atoms with E-state index in [1.807, 2.05) is 0 Å². The van der Waals surface area contributed by atoms with E-state index in [1.165, 1.54) is 24.8 Å².